The van der Waals surface area contributed by atoms with Gasteiger partial charge in [-0.1, -0.05) is 13.0 Å². The van der Waals surface area contributed by atoms with Crippen molar-refractivity contribution in [2.75, 3.05) is 11.8 Å². The molecule has 0 bridgehead atoms. The van der Waals surface area contributed by atoms with Crippen molar-refractivity contribution in [3.05, 3.63) is 48.2 Å². The molecule has 1 aromatic heterocycles. The van der Waals surface area contributed by atoms with Crippen LogP contribution in [-0.2, 0) is 16.4 Å². The summed E-state index contributed by atoms with van der Waals surface area (Å²) >= 11 is 0. The fourth-order valence-corrected chi connectivity index (χ4v) is 2.88. The van der Waals surface area contributed by atoms with Crippen molar-refractivity contribution < 1.29 is 13.2 Å². The maximum atomic E-state index is 12.3. The topological polar surface area (TPSA) is 68.3 Å². The highest BCUT2D eigenvalue weighted by atomic mass is 32.2. The summed E-state index contributed by atoms with van der Waals surface area (Å²) in [6.45, 7) is 1.94. The Labute approximate surface area is 118 Å². The molecule has 0 saturated carbocycles. The van der Waals surface area contributed by atoms with Crippen LogP contribution >= 0.6 is 0 Å². The van der Waals surface area contributed by atoms with Gasteiger partial charge in [0.05, 0.1) is 12.0 Å². The summed E-state index contributed by atoms with van der Waals surface area (Å²) in [7, 11) is -2.07. The lowest BCUT2D eigenvalue weighted by Crippen LogP contribution is -2.14. The van der Waals surface area contributed by atoms with E-state index in [9.17, 15) is 8.42 Å². The lowest BCUT2D eigenvalue weighted by Gasteiger charge is -2.11. The van der Waals surface area contributed by atoms with Gasteiger partial charge in [-0.25, -0.2) is 13.4 Å². The van der Waals surface area contributed by atoms with E-state index in [1.807, 2.05) is 6.92 Å². The van der Waals surface area contributed by atoms with E-state index in [-0.39, 0.29) is 4.90 Å². The Hall–Kier alpha value is -2.08. The zero-order chi connectivity index (χ0) is 14.6. The third kappa shape index (κ3) is 3.08. The van der Waals surface area contributed by atoms with E-state index < -0.39 is 10.0 Å². The summed E-state index contributed by atoms with van der Waals surface area (Å²) in [5.41, 5.74) is 0.844. The third-order valence-electron chi connectivity index (χ3n) is 2.85. The molecule has 1 N–H and O–H groups in total. The average Bonchev–Trinajstić information content (AvgIpc) is 2.47. The lowest BCUT2D eigenvalue weighted by molar-refractivity contribution is 0.409. The number of benzene rings is 1. The summed E-state index contributed by atoms with van der Waals surface area (Å²) in [6.07, 6.45) is 2.22. The van der Waals surface area contributed by atoms with Gasteiger partial charge in [0, 0.05) is 6.20 Å². The highest BCUT2D eigenvalue weighted by Gasteiger charge is 2.16. The molecule has 5 nitrogen and oxygen atoms in total. The Bertz CT molecular complexity index is 685. The number of hydrogen-bond acceptors (Lipinski definition) is 4. The van der Waals surface area contributed by atoms with E-state index in [0.717, 1.165) is 5.56 Å². The first-order valence-corrected chi connectivity index (χ1v) is 7.66. The van der Waals surface area contributed by atoms with Gasteiger partial charge in [-0.3, -0.25) is 4.72 Å². The van der Waals surface area contributed by atoms with E-state index in [0.29, 0.717) is 18.0 Å². The van der Waals surface area contributed by atoms with E-state index in [1.54, 1.807) is 37.4 Å². The van der Waals surface area contributed by atoms with E-state index in [2.05, 4.69) is 9.71 Å². The minimum absolute atomic E-state index is 0.195. The van der Waals surface area contributed by atoms with Crippen molar-refractivity contribution in [1.82, 2.24) is 4.98 Å². The van der Waals surface area contributed by atoms with E-state index >= 15 is 0 Å². The smallest absolute Gasteiger partial charge is 0.263 e. The molecule has 1 heterocycles. The molecule has 0 aliphatic rings. The standard InChI is InChI=1S/C14H16N2O3S/c1-3-11-10-12(7-8-13(11)19-2)20(17,18)16-14-6-4-5-9-15-14/h4-10H,3H2,1-2H3,(H,15,16). The molecule has 1 aromatic carbocycles. The van der Waals surface area contributed by atoms with Gasteiger partial charge in [-0.05, 0) is 42.3 Å². The minimum Gasteiger partial charge on any atom is -0.496 e. The van der Waals surface area contributed by atoms with Crippen LogP contribution in [0.1, 0.15) is 12.5 Å². The zero-order valence-corrected chi connectivity index (χ0v) is 12.1. The number of nitrogens with one attached hydrogen (secondary N) is 1. The van der Waals surface area contributed by atoms with Gasteiger partial charge in [-0.2, -0.15) is 0 Å². The van der Waals surface area contributed by atoms with Crippen molar-refractivity contribution in [2.24, 2.45) is 0 Å². The average molecular weight is 292 g/mol. The zero-order valence-electron chi connectivity index (χ0n) is 11.3. The van der Waals surface area contributed by atoms with Crippen LogP contribution in [0.2, 0.25) is 0 Å². The van der Waals surface area contributed by atoms with Crippen LogP contribution in [0.3, 0.4) is 0 Å². The number of aryl methyl sites for hydroxylation is 1. The molecular weight excluding hydrogens is 276 g/mol. The van der Waals surface area contributed by atoms with Gasteiger partial charge in [0.25, 0.3) is 10.0 Å². The Kier molecular flexibility index (Phi) is 4.24. The van der Waals surface area contributed by atoms with Crippen LogP contribution in [0.15, 0.2) is 47.5 Å². The molecule has 2 rings (SSSR count). The molecular formula is C14H16N2O3S. The Morgan fingerprint density at radius 3 is 2.65 bits per heavy atom. The van der Waals surface area contributed by atoms with Gasteiger partial charge in [0.1, 0.15) is 11.6 Å². The van der Waals surface area contributed by atoms with Crippen molar-refractivity contribution >= 4 is 15.8 Å². The second kappa shape index (κ2) is 5.92. The number of pyridine rings is 1. The molecule has 0 fully saturated rings. The highest BCUT2D eigenvalue weighted by Crippen LogP contribution is 2.23. The first-order valence-electron chi connectivity index (χ1n) is 6.17. The molecule has 0 aliphatic carbocycles. The molecule has 0 spiro atoms. The first-order chi connectivity index (χ1) is 9.56. The van der Waals surface area contributed by atoms with Crippen LogP contribution in [-0.4, -0.2) is 20.5 Å². The van der Waals surface area contributed by atoms with Crippen LogP contribution in [0.5, 0.6) is 5.75 Å². The van der Waals surface area contributed by atoms with Gasteiger partial charge in [0.2, 0.25) is 0 Å². The summed E-state index contributed by atoms with van der Waals surface area (Å²) < 4.78 is 32.2. The van der Waals surface area contributed by atoms with E-state index in [1.165, 1.54) is 12.3 Å². The number of methoxy groups -OCH3 is 1. The maximum absolute atomic E-state index is 12.3. The minimum atomic E-state index is -3.64. The summed E-state index contributed by atoms with van der Waals surface area (Å²) in [6, 6.07) is 9.83. The van der Waals surface area contributed by atoms with Crippen molar-refractivity contribution in [3.63, 3.8) is 0 Å². The molecule has 0 aliphatic heterocycles. The van der Waals surface area contributed by atoms with Crippen LogP contribution in [0.4, 0.5) is 5.82 Å². The molecule has 0 atom stereocenters. The predicted molar refractivity (Wildman–Crippen MR) is 77.4 cm³/mol. The van der Waals surface area contributed by atoms with Crippen LogP contribution in [0.25, 0.3) is 0 Å². The van der Waals surface area contributed by atoms with Gasteiger partial charge in [0.15, 0.2) is 0 Å². The fourth-order valence-electron chi connectivity index (χ4n) is 1.82. The van der Waals surface area contributed by atoms with Gasteiger partial charge in [-0.15, -0.1) is 0 Å². The Morgan fingerprint density at radius 1 is 1.25 bits per heavy atom. The van der Waals surface area contributed by atoms with Crippen LogP contribution < -0.4 is 9.46 Å². The normalized spacial score (nSPS) is 11.1. The van der Waals surface area contributed by atoms with E-state index in [4.69, 9.17) is 4.74 Å². The molecule has 106 valence electrons. The second-order valence-corrected chi connectivity index (χ2v) is 5.83. The number of hydrogen-bond donors (Lipinski definition) is 1. The molecule has 20 heavy (non-hydrogen) atoms. The number of nitrogens with zero attached hydrogens (tertiary/aromatic N) is 1. The van der Waals surface area contributed by atoms with Gasteiger partial charge >= 0.3 is 0 Å². The molecule has 6 heteroatoms. The molecule has 0 unspecified atom stereocenters. The van der Waals surface area contributed by atoms with Crippen molar-refractivity contribution in [1.29, 1.82) is 0 Å². The molecule has 2 aromatic rings. The number of sulfonamides is 1. The van der Waals surface area contributed by atoms with Crippen molar-refractivity contribution in [3.8, 4) is 5.75 Å². The SMILES string of the molecule is CCc1cc(S(=O)(=O)Nc2ccccn2)ccc1OC. The number of ether oxygens (including phenoxy) is 1. The summed E-state index contributed by atoms with van der Waals surface area (Å²) in [5, 5.41) is 0. The number of anilines is 1. The highest BCUT2D eigenvalue weighted by molar-refractivity contribution is 7.92. The molecule has 0 radical (unpaired) electrons. The maximum Gasteiger partial charge on any atom is 0.263 e. The third-order valence-corrected chi connectivity index (χ3v) is 4.20. The predicted octanol–water partition coefficient (Wildman–Crippen LogP) is 2.45. The molecule has 0 saturated heterocycles. The van der Waals surface area contributed by atoms with Crippen molar-refractivity contribution in [2.45, 2.75) is 18.2 Å². The second-order valence-electron chi connectivity index (χ2n) is 4.15. The summed E-state index contributed by atoms with van der Waals surface area (Å²) in [4.78, 5) is 4.15. The first kappa shape index (κ1) is 14.3. The Morgan fingerprint density at radius 2 is 2.05 bits per heavy atom. The molecule has 0 amide bonds. The van der Waals surface area contributed by atoms with Crippen LogP contribution in [0, 0.1) is 0 Å². The number of rotatable bonds is 5. The number of aromatic nitrogens is 1. The fraction of sp³-hybridized carbons (Fsp3) is 0.214. The largest absolute Gasteiger partial charge is 0.496 e. The quantitative estimate of drug-likeness (QED) is 0.919. The monoisotopic (exact) mass is 292 g/mol. The lowest BCUT2D eigenvalue weighted by atomic mass is 10.1. The van der Waals surface area contributed by atoms with Gasteiger partial charge < -0.3 is 4.74 Å². The summed E-state index contributed by atoms with van der Waals surface area (Å²) in [5.74, 6) is 0.977. The Balaban J connectivity index is 2.35.